The van der Waals surface area contributed by atoms with Crippen molar-refractivity contribution in [2.24, 2.45) is 0 Å². The number of pyridine rings is 1. The number of halogens is 5. The van der Waals surface area contributed by atoms with Gasteiger partial charge in [0.2, 0.25) is 0 Å². The van der Waals surface area contributed by atoms with Gasteiger partial charge in [-0.3, -0.25) is 4.79 Å². The highest BCUT2D eigenvalue weighted by Gasteiger charge is 2.30. The van der Waals surface area contributed by atoms with Gasteiger partial charge in [-0.15, -0.1) is 13.2 Å². The highest BCUT2D eigenvalue weighted by molar-refractivity contribution is 9.11. The molecule has 1 aromatic carbocycles. The molecular formula is C13H8Br2F3NO2. The molecule has 8 heteroatoms. The van der Waals surface area contributed by atoms with E-state index in [0.717, 1.165) is 0 Å². The molecule has 21 heavy (non-hydrogen) atoms. The van der Waals surface area contributed by atoms with Crippen LogP contribution < -0.4 is 10.3 Å². The van der Waals surface area contributed by atoms with Crippen LogP contribution in [0.2, 0.25) is 0 Å². The minimum absolute atomic E-state index is 0.228. The van der Waals surface area contributed by atoms with Crippen molar-refractivity contribution in [3.05, 3.63) is 61.4 Å². The predicted octanol–water partition coefficient (Wildman–Crippen LogP) is 4.32. The summed E-state index contributed by atoms with van der Waals surface area (Å²) in [6.45, 7) is 0.239. The van der Waals surface area contributed by atoms with Crippen molar-refractivity contribution in [3.63, 3.8) is 0 Å². The monoisotopic (exact) mass is 425 g/mol. The lowest BCUT2D eigenvalue weighted by molar-refractivity contribution is -0.274. The van der Waals surface area contributed by atoms with Crippen molar-refractivity contribution in [2.45, 2.75) is 12.9 Å². The normalized spacial score (nSPS) is 11.5. The summed E-state index contributed by atoms with van der Waals surface area (Å²) in [7, 11) is 0. The Morgan fingerprint density at radius 3 is 2.33 bits per heavy atom. The molecule has 0 bridgehead atoms. The quantitative estimate of drug-likeness (QED) is 0.731. The van der Waals surface area contributed by atoms with Crippen LogP contribution in [0.5, 0.6) is 5.75 Å². The lowest BCUT2D eigenvalue weighted by Crippen LogP contribution is -2.20. The highest BCUT2D eigenvalue weighted by Crippen LogP contribution is 2.23. The fourth-order valence-corrected chi connectivity index (χ4v) is 2.93. The van der Waals surface area contributed by atoms with Crippen molar-refractivity contribution >= 4 is 31.9 Å². The Bertz CT molecular complexity index is 696. The largest absolute Gasteiger partial charge is 0.573 e. The van der Waals surface area contributed by atoms with E-state index < -0.39 is 6.36 Å². The Balaban J connectivity index is 2.20. The van der Waals surface area contributed by atoms with Crippen LogP contribution >= 0.6 is 31.9 Å². The first-order valence-electron chi connectivity index (χ1n) is 5.65. The van der Waals surface area contributed by atoms with E-state index in [4.69, 9.17) is 0 Å². The van der Waals surface area contributed by atoms with Gasteiger partial charge in [0.1, 0.15) is 5.75 Å². The molecule has 2 rings (SSSR count). The molecule has 0 N–H and O–H groups in total. The summed E-state index contributed by atoms with van der Waals surface area (Å²) < 4.78 is 42.5. The van der Waals surface area contributed by atoms with E-state index in [1.54, 1.807) is 12.3 Å². The third-order valence-corrected chi connectivity index (χ3v) is 3.52. The van der Waals surface area contributed by atoms with Crippen molar-refractivity contribution in [1.29, 1.82) is 0 Å². The van der Waals surface area contributed by atoms with Gasteiger partial charge in [0.25, 0.3) is 5.56 Å². The first kappa shape index (κ1) is 16.1. The second kappa shape index (κ2) is 6.23. The van der Waals surface area contributed by atoms with Gasteiger partial charge in [0.15, 0.2) is 0 Å². The second-order valence-corrected chi connectivity index (χ2v) is 5.90. The number of alkyl halides is 3. The summed E-state index contributed by atoms with van der Waals surface area (Å²) in [5.74, 6) is -0.297. The van der Waals surface area contributed by atoms with Crippen LogP contribution in [-0.2, 0) is 6.54 Å². The Kier molecular flexibility index (Phi) is 4.77. The highest BCUT2D eigenvalue weighted by atomic mass is 79.9. The average Bonchev–Trinajstić information content (AvgIpc) is 2.36. The molecule has 0 atom stereocenters. The molecule has 0 radical (unpaired) electrons. The maximum absolute atomic E-state index is 12.1. The van der Waals surface area contributed by atoms with Crippen LogP contribution in [0.4, 0.5) is 13.2 Å². The number of nitrogens with zero attached hydrogens (tertiary/aromatic N) is 1. The van der Waals surface area contributed by atoms with Gasteiger partial charge in [-0.2, -0.15) is 0 Å². The molecule has 0 amide bonds. The molecule has 0 aliphatic heterocycles. The van der Waals surface area contributed by atoms with E-state index in [2.05, 4.69) is 36.6 Å². The molecule has 0 saturated heterocycles. The van der Waals surface area contributed by atoms with Gasteiger partial charge in [-0.25, -0.2) is 0 Å². The average molecular weight is 427 g/mol. The number of ether oxygens (including phenoxy) is 1. The second-order valence-electron chi connectivity index (χ2n) is 4.13. The fraction of sp³-hybridized carbons (Fsp3) is 0.154. The Morgan fingerprint density at radius 1 is 1.14 bits per heavy atom. The standard InChI is InChI=1S/C13H8Br2F3NO2/c14-9-5-11(15)12(20)19(7-9)6-8-1-3-10(4-2-8)21-13(16,17)18/h1-5,7H,6H2. The molecule has 0 saturated carbocycles. The number of hydrogen-bond acceptors (Lipinski definition) is 2. The molecule has 1 aromatic heterocycles. The molecule has 0 fully saturated rings. The number of rotatable bonds is 3. The molecule has 0 aliphatic carbocycles. The molecule has 1 heterocycles. The zero-order chi connectivity index (χ0) is 15.6. The van der Waals surface area contributed by atoms with Crippen LogP contribution in [0.25, 0.3) is 0 Å². The van der Waals surface area contributed by atoms with E-state index in [-0.39, 0.29) is 17.9 Å². The summed E-state index contributed by atoms with van der Waals surface area (Å²) in [5, 5.41) is 0. The molecule has 0 spiro atoms. The van der Waals surface area contributed by atoms with Crippen LogP contribution in [-0.4, -0.2) is 10.9 Å². The Labute approximate surface area is 134 Å². The number of benzene rings is 1. The summed E-state index contributed by atoms with van der Waals surface area (Å²) in [5.41, 5.74) is 0.449. The summed E-state index contributed by atoms with van der Waals surface area (Å²) >= 11 is 6.42. The van der Waals surface area contributed by atoms with Crippen molar-refractivity contribution in [3.8, 4) is 5.75 Å². The summed E-state index contributed by atoms with van der Waals surface area (Å²) in [6.07, 6.45) is -3.11. The number of hydrogen-bond donors (Lipinski definition) is 0. The number of aromatic nitrogens is 1. The van der Waals surface area contributed by atoms with Gasteiger partial charge in [0.05, 0.1) is 11.0 Å². The van der Waals surface area contributed by atoms with E-state index >= 15 is 0 Å². The van der Waals surface area contributed by atoms with Crippen molar-refractivity contribution < 1.29 is 17.9 Å². The topological polar surface area (TPSA) is 31.2 Å². The van der Waals surface area contributed by atoms with Crippen LogP contribution in [0.1, 0.15) is 5.56 Å². The van der Waals surface area contributed by atoms with Gasteiger partial charge < -0.3 is 9.30 Å². The zero-order valence-corrected chi connectivity index (χ0v) is 13.5. The third kappa shape index (κ3) is 4.60. The van der Waals surface area contributed by atoms with Crippen LogP contribution in [0.15, 0.2) is 50.3 Å². The molecule has 0 unspecified atom stereocenters. The fourth-order valence-electron chi connectivity index (χ4n) is 1.68. The van der Waals surface area contributed by atoms with Gasteiger partial charge in [-0.1, -0.05) is 12.1 Å². The predicted molar refractivity (Wildman–Crippen MR) is 78.3 cm³/mol. The minimum atomic E-state index is -4.71. The van der Waals surface area contributed by atoms with E-state index in [1.165, 1.54) is 28.8 Å². The smallest absolute Gasteiger partial charge is 0.406 e. The van der Waals surface area contributed by atoms with Gasteiger partial charge >= 0.3 is 6.36 Å². The third-order valence-electron chi connectivity index (χ3n) is 2.52. The van der Waals surface area contributed by atoms with Gasteiger partial charge in [-0.05, 0) is 55.6 Å². The van der Waals surface area contributed by atoms with Crippen LogP contribution in [0.3, 0.4) is 0 Å². The Hall–Kier alpha value is -1.28. The molecule has 112 valence electrons. The summed E-state index contributed by atoms with van der Waals surface area (Å²) in [6, 6.07) is 6.99. The molecular weight excluding hydrogens is 419 g/mol. The van der Waals surface area contributed by atoms with Crippen molar-refractivity contribution in [1.82, 2.24) is 4.57 Å². The first-order valence-corrected chi connectivity index (χ1v) is 7.23. The van der Waals surface area contributed by atoms with Crippen LogP contribution in [0, 0.1) is 0 Å². The van der Waals surface area contributed by atoms with Gasteiger partial charge in [0, 0.05) is 10.7 Å². The minimum Gasteiger partial charge on any atom is -0.406 e. The maximum atomic E-state index is 12.1. The van der Waals surface area contributed by atoms with E-state index in [9.17, 15) is 18.0 Å². The zero-order valence-electron chi connectivity index (χ0n) is 10.3. The molecule has 0 aliphatic rings. The molecule has 3 nitrogen and oxygen atoms in total. The van der Waals surface area contributed by atoms with E-state index in [1.807, 2.05) is 0 Å². The maximum Gasteiger partial charge on any atom is 0.573 e. The first-order chi connectivity index (χ1) is 9.74. The lowest BCUT2D eigenvalue weighted by atomic mass is 10.2. The van der Waals surface area contributed by atoms with E-state index in [0.29, 0.717) is 14.5 Å². The Morgan fingerprint density at radius 2 is 1.76 bits per heavy atom. The summed E-state index contributed by atoms with van der Waals surface area (Å²) in [4.78, 5) is 11.9. The molecule has 2 aromatic rings. The van der Waals surface area contributed by atoms with Crippen molar-refractivity contribution in [2.75, 3.05) is 0 Å². The lowest BCUT2D eigenvalue weighted by Gasteiger charge is -2.10. The SMILES string of the molecule is O=c1c(Br)cc(Br)cn1Cc1ccc(OC(F)(F)F)cc1.